The summed E-state index contributed by atoms with van der Waals surface area (Å²) in [7, 11) is 3.06. The van der Waals surface area contributed by atoms with Gasteiger partial charge in [0.25, 0.3) is 0 Å². The Balaban J connectivity index is 0.00000116. The molecule has 0 bridgehead atoms. The Morgan fingerprint density at radius 1 is 1.23 bits per heavy atom. The predicted octanol–water partition coefficient (Wildman–Crippen LogP) is 3.17. The molecule has 1 aromatic rings. The molecule has 0 unspecified atom stereocenters. The molecule has 0 atom stereocenters. The van der Waals surface area contributed by atoms with Crippen LogP contribution in [-0.4, -0.2) is 38.9 Å². The van der Waals surface area contributed by atoms with Crippen LogP contribution in [0.5, 0.6) is 5.75 Å². The smallest absolute Gasteiger partial charge is 0.213 e. The van der Waals surface area contributed by atoms with Gasteiger partial charge in [0, 0.05) is 14.2 Å². The lowest BCUT2D eigenvalue weighted by Crippen LogP contribution is -2.59. The van der Waals surface area contributed by atoms with Gasteiger partial charge in [0.1, 0.15) is 11.4 Å². The summed E-state index contributed by atoms with van der Waals surface area (Å²) in [4.78, 5) is 0. The quantitative estimate of drug-likeness (QED) is 0.817. The summed E-state index contributed by atoms with van der Waals surface area (Å²) in [5.74, 6) is 0.575. The standard InChI is InChI=1S/C13H18N4O3.C2H6/c1-9-4-5-11-10(6-9)17(16-15)12(14)13(20-11,7-18-2)8-19-3;1-2/h4-6,14-15H,7-8H2,1-3H3;1-2H3. The third kappa shape index (κ3) is 3.26. The van der Waals surface area contributed by atoms with Gasteiger partial charge in [0.15, 0.2) is 5.84 Å². The first-order valence-electron chi connectivity index (χ1n) is 7.12. The predicted molar refractivity (Wildman–Crippen MR) is 85.0 cm³/mol. The van der Waals surface area contributed by atoms with Crippen LogP contribution in [-0.2, 0) is 9.47 Å². The van der Waals surface area contributed by atoms with Crippen molar-refractivity contribution in [1.29, 1.82) is 10.9 Å². The van der Waals surface area contributed by atoms with Crippen molar-refractivity contribution in [2.24, 2.45) is 5.22 Å². The molecule has 1 aliphatic rings. The summed E-state index contributed by atoms with van der Waals surface area (Å²) >= 11 is 0. The molecule has 0 radical (unpaired) electrons. The number of hydrogen-bond donors (Lipinski definition) is 2. The second-order valence-corrected chi connectivity index (χ2v) is 4.69. The molecule has 0 saturated heterocycles. The number of rotatable bonds is 5. The van der Waals surface area contributed by atoms with Crippen molar-refractivity contribution in [2.45, 2.75) is 26.4 Å². The maximum absolute atomic E-state index is 8.29. The molecule has 7 nitrogen and oxygen atoms in total. The zero-order chi connectivity index (χ0) is 16.8. The van der Waals surface area contributed by atoms with Crippen LogP contribution in [0, 0.1) is 17.9 Å². The molecule has 0 saturated carbocycles. The number of amidine groups is 1. The SMILES string of the molecule is CC.COCC1(COC)Oc2ccc(C)cc2N(N=N)C1=N. The Kier molecular flexibility index (Phi) is 6.45. The number of nitrogens with zero attached hydrogens (tertiary/aromatic N) is 2. The Morgan fingerprint density at radius 3 is 2.32 bits per heavy atom. The third-order valence-electron chi connectivity index (χ3n) is 3.15. The Morgan fingerprint density at radius 2 is 1.82 bits per heavy atom. The first-order chi connectivity index (χ1) is 10.6. The Bertz CT molecular complexity index is 528. The molecule has 22 heavy (non-hydrogen) atoms. The van der Waals surface area contributed by atoms with Crippen LogP contribution in [0.3, 0.4) is 0 Å². The molecule has 1 aliphatic heterocycles. The second-order valence-electron chi connectivity index (χ2n) is 4.69. The van der Waals surface area contributed by atoms with E-state index in [1.807, 2.05) is 32.9 Å². The van der Waals surface area contributed by atoms with Crippen LogP contribution in [0.25, 0.3) is 0 Å². The van der Waals surface area contributed by atoms with Crippen molar-refractivity contribution in [3.05, 3.63) is 23.8 Å². The lowest BCUT2D eigenvalue weighted by Gasteiger charge is -2.41. The molecule has 2 N–H and O–H groups in total. The van der Waals surface area contributed by atoms with Gasteiger partial charge >= 0.3 is 0 Å². The normalized spacial score (nSPS) is 15.3. The number of fused-ring (bicyclic) bond motifs is 1. The highest BCUT2D eigenvalue weighted by molar-refractivity contribution is 6.04. The maximum atomic E-state index is 8.29. The van der Waals surface area contributed by atoms with E-state index in [1.54, 1.807) is 6.07 Å². The van der Waals surface area contributed by atoms with E-state index >= 15 is 0 Å². The zero-order valence-corrected chi connectivity index (χ0v) is 13.8. The minimum Gasteiger partial charge on any atom is -0.472 e. The number of ether oxygens (including phenoxy) is 3. The van der Waals surface area contributed by atoms with Gasteiger partial charge in [-0.05, 0) is 24.6 Å². The van der Waals surface area contributed by atoms with E-state index in [-0.39, 0.29) is 19.0 Å². The summed E-state index contributed by atoms with van der Waals surface area (Å²) in [6.07, 6.45) is 0. The van der Waals surface area contributed by atoms with Crippen LogP contribution in [0.4, 0.5) is 5.69 Å². The molecular weight excluding hydrogens is 284 g/mol. The van der Waals surface area contributed by atoms with Crippen molar-refractivity contribution >= 4 is 11.5 Å². The summed E-state index contributed by atoms with van der Waals surface area (Å²) in [5.41, 5.74) is 7.82. The minimum absolute atomic E-state index is 0.0225. The van der Waals surface area contributed by atoms with E-state index in [1.165, 1.54) is 19.2 Å². The molecule has 0 amide bonds. The van der Waals surface area contributed by atoms with Crippen molar-refractivity contribution < 1.29 is 14.2 Å². The van der Waals surface area contributed by atoms with Gasteiger partial charge in [-0.3, -0.25) is 5.41 Å². The Labute approximate surface area is 131 Å². The van der Waals surface area contributed by atoms with Crippen LogP contribution >= 0.6 is 0 Å². The first kappa shape index (κ1) is 18.1. The van der Waals surface area contributed by atoms with E-state index in [9.17, 15) is 0 Å². The van der Waals surface area contributed by atoms with Gasteiger partial charge in [0.05, 0.1) is 13.2 Å². The molecule has 0 aromatic heterocycles. The molecule has 2 rings (SSSR count). The average Bonchev–Trinajstić information content (AvgIpc) is 2.52. The van der Waals surface area contributed by atoms with E-state index in [2.05, 4.69) is 5.22 Å². The van der Waals surface area contributed by atoms with Gasteiger partial charge < -0.3 is 14.2 Å². The zero-order valence-electron chi connectivity index (χ0n) is 13.8. The third-order valence-corrected chi connectivity index (χ3v) is 3.15. The maximum Gasteiger partial charge on any atom is 0.213 e. The van der Waals surface area contributed by atoms with Crippen molar-refractivity contribution in [3.63, 3.8) is 0 Å². The fraction of sp³-hybridized carbons (Fsp3) is 0.533. The van der Waals surface area contributed by atoms with E-state index < -0.39 is 5.60 Å². The minimum atomic E-state index is -1.10. The van der Waals surface area contributed by atoms with E-state index in [0.717, 1.165) is 5.56 Å². The molecule has 0 aliphatic carbocycles. The van der Waals surface area contributed by atoms with Gasteiger partial charge in [-0.1, -0.05) is 25.1 Å². The fourth-order valence-electron chi connectivity index (χ4n) is 2.26. The summed E-state index contributed by atoms with van der Waals surface area (Å²) in [6.45, 7) is 6.20. The van der Waals surface area contributed by atoms with Gasteiger partial charge in [-0.2, -0.15) is 10.5 Å². The van der Waals surface area contributed by atoms with Crippen LogP contribution in [0.2, 0.25) is 0 Å². The van der Waals surface area contributed by atoms with Gasteiger partial charge in [0.2, 0.25) is 5.60 Å². The lowest BCUT2D eigenvalue weighted by atomic mass is 10.0. The van der Waals surface area contributed by atoms with Crippen LogP contribution in [0.1, 0.15) is 19.4 Å². The highest BCUT2D eigenvalue weighted by Crippen LogP contribution is 2.39. The van der Waals surface area contributed by atoms with E-state index in [0.29, 0.717) is 11.4 Å². The molecular formula is C15H24N4O3. The van der Waals surface area contributed by atoms with Crippen molar-refractivity contribution in [3.8, 4) is 5.75 Å². The van der Waals surface area contributed by atoms with Crippen molar-refractivity contribution in [1.82, 2.24) is 0 Å². The molecule has 1 heterocycles. The summed E-state index contributed by atoms with van der Waals surface area (Å²) < 4.78 is 16.3. The van der Waals surface area contributed by atoms with Gasteiger partial charge in [-0.25, -0.2) is 0 Å². The molecule has 0 spiro atoms. The topological polar surface area (TPSA) is 91.0 Å². The van der Waals surface area contributed by atoms with E-state index in [4.69, 9.17) is 25.2 Å². The number of methoxy groups -OCH3 is 2. The number of nitrogens with one attached hydrogen (secondary N) is 2. The fourth-order valence-corrected chi connectivity index (χ4v) is 2.26. The lowest BCUT2D eigenvalue weighted by molar-refractivity contribution is -0.0176. The number of anilines is 1. The van der Waals surface area contributed by atoms with Crippen LogP contribution < -0.4 is 9.75 Å². The summed E-state index contributed by atoms with van der Waals surface area (Å²) in [5, 5.41) is 13.0. The monoisotopic (exact) mass is 308 g/mol. The molecule has 0 fully saturated rings. The number of aryl methyl sites for hydroxylation is 1. The number of benzene rings is 1. The molecule has 122 valence electrons. The van der Waals surface area contributed by atoms with Gasteiger partial charge in [-0.15, -0.1) is 0 Å². The molecule has 7 heteroatoms. The highest BCUT2D eigenvalue weighted by Gasteiger charge is 2.46. The largest absolute Gasteiger partial charge is 0.472 e. The molecule has 1 aromatic carbocycles. The van der Waals surface area contributed by atoms with Crippen molar-refractivity contribution in [2.75, 3.05) is 32.4 Å². The summed E-state index contributed by atoms with van der Waals surface area (Å²) in [6, 6.07) is 5.53. The number of hydrogen-bond acceptors (Lipinski definition) is 6. The Hall–Kier alpha value is -1.99. The van der Waals surface area contributed by atoms with Crippen LogP contribution in [0.15, 0.2) is 23.4 Å². The average molecular weight is 308 g/mol. The second kappa shape index (κ2) is 7.86. The first-order valence-corrected chi connectivity index (χ1v) is 7.12. The highest BCUT2D eigenvalue weighted by atomic mass is 16.6.